The smallest absolute Gasteiger partial charge is 0.543 e. The first-order valence-electron chi connectivity index (χ1n) is 11.4. The fraction of sp³-hybridized carbons (Fsp3) is 0.259. The minimum absolute atomic E-state index is 0. The molecule has 5 rings (SSSR count). The molecule has 2 heterocycles. The average Bonchev–Trinajstić information content (AvgIpc) is 3.16. The fourth-order valence-corrected chi connectivity index (χ4v) is 5.23. The van der Waals surface area contributed by atoms with Gasteiger partial charge >= 0.3 is 35.7 Å². The van der Waals surface area contributed by atoms with Crippen molar-refractivity contribution in [3.05, 3.63) is 82.6 Å². The monoisotopic (exact) mass is 520 g/mol. The van der Waals surface area contributed by atoms with Crippen LogP contribution in [0.2, 0.25) is 5.02 Å². The molecule has 0 radical (unpaired) electrons. The molecule has 4 nitrogen and oxygen atoms in total. The number of pyridine rings is 1. The van der Waals surface area contributed by atoms with Crippen molar-refractivity contribution in [1.29, 1.82) is 0 Å². The molecule has 0 atom stereocenters. The Bertz CT molecular complexity index is 1390. The number of carbonyl (C=O) groups excluding carboxylic acids is 1. The summed E-state index contributed by atoms with van der Waals surface area (Å²) >= 11 is 6.45. The predicted molar refractivity (Wildman–Crippen MR) is 127 cm³/mol. The normalized spacial score (nSPS) is 14.6. The van der Waals surface area contributed by atoms with E-state index < -0.39 is 17.7 Å². The first-order valence-corrected chi connectivity index (χ1v) is 11.8. The molecule has 1 saturated carbocycles. The van der Waals surface area contributed by atoms with Crippen LogP contribution in [0.3, 0.4) is 0 Å². The van der Waals surface area contributed by atoms with Crippen molar-refractivity contribution in [2.24, 2.45) is 0 Å². The minimum Gasteiger partial charge on any atom is -0.543 e. The van der Waals surface area contributed by atoms with Crippen LogP contribution in [0.4, 0.5) is 13.2 Å². The molecule has 0 N–H and O–H groups in total. The maximum absolute atomic E-state index is 13.0. The molecule has 0 unspecified atom stereocenters. The van der Waals surface area contributed by atoms with Gasteiger partial charge in [0.15, 0.2) is 0 Å². The van der Waals surface area contributed by atoms with E-state index in [1.807, 2.05) is 18.2 Å². The Hall–Kier alpha value is -2.32. The first-order chi connectivity index (χ1) is 16.7. The predicted octanol–water partition coefficient (Wildman–Crippen LogP) is 3.78. The molecule has 2 aromatic carbocycles. The van der Waals surface area contributed by atoms with Gasteiger partial charge in [-0.15, -0.1) is 0 Å². The van der Waals surface area contributed by atoms with Crippen LogP contribution in [0.1, 0.15) is 59.6 Å². The Labute approximate surface area is 233 Å². The van der Waals surface area contributed by atoms with E-state index in [4.69, 9.17) is 11.6 Å². The van der Waals surface area contributed by atoms with Gasteiger partial charge in [-0.05, 0) is 59.7 Å². The van der Waals surface area contributed by atoms with E-state index in [1.165, 1.54) is 42.2 Å². The van der Waals surface area contributed by atoms with Gasteiger partial charge in [0.1, 0.15) is 5.82 Å². The third kappa shape index (κ3) is 5.07. The Morgan fingerprint density at radius 2 is 1.64 bits per heavy atom. The molecule has 1 aliphatic rings. The molecule has 0 saturated heterocycles. The van der Waals surface area contributed by atoms with Gasteiger partial charge in [0, 0.05) is 11.6 Å². The van der Waals surface area contributed by atoms with Gasteiger partial charge in [-0.2, -0.15) is 13.2 Å². The van der Waals surface area contributed by atoms with Crippen LogP contribution in [-0.2, 0) is 6.18 Å². The van der Waals surface area contributed by atoms with Crippen LogP contribution >= 0.6 is 11.6 Å². The molecule has 0 aliphatic heterocycles. The van der Waals surface area contributed by atoms with Crippen molar-refractivity contribution in [3.8, 4) is 16.9 Å². The molecule has 1 fully saturated rings. The van der Waals surface area contributed by atoms with E-state index in [1.54, 1.807) is 12.1 Å². The molecule has 180 valence electrons. The summed E-state index contributed by atoms with van der Waals surface area (Å²) in [6.07, 6.45) is 2.33. The molecule has 0 spiro atoms. The fourth-order valence-electron chi connectivity index (χ4n) is 4.92. The van der Waals surface area contributed by atoms with E-state index in [0.29, 0.717) is 23.0 Å². The Morgan fingerprint density at radius 3 is 2.22 bits per heavy atom. The number of carboxylic acids is 1. The topological polar surface area (TPSA) is 57.9 Å². The largest absolute Gasteiger partial charge is 1.00 e. The number of nitrogens with zero attached hydrogens (tertiary/aromatic N) is 2. The number of fused-ring (bicyclic) bond motifs is 1. The summed E-state index contributed by atoms with van der Waals surface area (Å²) in [5.41, 5.74) is 2.24. The van der Waals surface area contributed by atoms with Crippen molar-refractivity contribution in [1.82, 2.24) is 9.55 Å². The summed E-state index contributed by atoms with van der Waals surface area (Å²) in [6, 6.07) is 15.6. The summed E-state index contributed by atoms with van der Waals surface area (Å²) < 4.78 is 40.1. The Balaban J connectivity index is 0.00000304. The summed E-state index contributed by atoms with van der Waals surface area (Å²) in [7, 11) is 0. The molecule has 2 aromatic heterocycles. The average molecular weight is 521 g/mol. The third-order valence-corrected chi connectivity index (χ3v) is 7.11. The third-order valence-electron chi connectivity index (χ3n) is 6.72. The van der Waals surface area contributed by atoms with Crippen LogP contribution in [0.25, 0.3) is 27.8 Å². The summed E-state index contributed by atoms with van der Waals surface area (Å²) in [5.74, 6) is -0.962. The van der Waals surface area contributed by atoms with E-state index in [-0.39, 0.29) is 46.1 Å². The molecule has 0 amide bonds. The number of benzene rings is 2. The summed E-state index contributed by atoms with van der Waals surface area (Å²) in [5, 5.41) is 12.3. The first kappa shape index (κ1) is 26.7. The molecule has 0 bridgehead atoms. The number of aromatic carboxylic acids is 1. The molecular formula is C27H21ClF3N2NaO2. The van der Waals surface area contributed by atoms with Crippen molar-refractivity contribution in [3.63, 3.8) is 0 Å². The van der Waals surface area contributed by atoms with Crippen molar-refractivity contribution < 1.29 is 52.6 Å². The van der Waals surface area contributed by atoms with E-state index >= 15 is 0 Å². The van der Waals surface area contributed by atoms with Gasteiger partial charge in [0.2, 0.25) is 0 Å². The van der Waals surface area contributed by atoms with Gasteiger partial charge in [0.05, 0.1) is 27.8 Å². The summed E-state index contributed by atoms with van der Waals surface area (Å²) in [4.78, 5) is 15.8. The van der Waals surface area contributed by atoms with Crippen LogP contribution in [0.5, 0.6) is 0 Å². The van der Waals surface area contributed by atoms with E-state index in [9.17, 15) is 23.1 Å². The van der Waals surface area contributed by atoms with Crippen LogP contribution < -0.4 is 34.7 Å². The molecular weight excluding hydrogens is 500 g/mol. The molecule has 4 aromatic rings. The van der Waals surface area contributed by atoms with Crippen LogP contribution in [-0.4, -0.2) is 15.5 Å². The molecule has 9 heteroatoms. The maximum atomic E-state index is 13.0. The zero-order valence-corrected chi connectivity index (χ0v) is 22.4. The summed E-state index contributed by atoms with van der Waals surface area (Å²) in [6.45, 7) is 0. The minimum atomic E-state index is -4.56. The van der Waals surface area contributed by atoms with Crippen molar-refractivity contribution in [2.75, 3.05) is 0 Å². The molecule has 1 aliphatic carbocycles. The SMILES string of the molecule is O=C([O-])c1c(Cl)c2cc(-c3ccc(C4CCCCC4)cc3)ccc2n1-c1ccc(C(F)(F)F)cn1.[Na+]. The van der Waals surface area contributed by atoms with E-state index in [2.05, 4.69) is 17.1 Å². The number of carboxylic acid groups (broad SMARTS) is 1. The number of halogens is 4. The van der Waals surface area contributed by atoms with Gasteiger partial charge in [-0.25, -0.2) is 4.98 Å². The Morgan fingerprint density at radius 1 is 0.972 bits per heavy atom. The van der Waals surface area contributed by atoms with Crippen molar-refractivity contribution >= 4 is 28.5 Å². The number of hydrogen-bond donors (Lipinski definition) is 0. The van der Waals surface area contributed by atoms with Crippen molar-refractivity contribution in [2.45, 2.75) is 44.2 Å². The number of hydrogen-bond acceptors (Lipinski definition) is 3. The van der Waals surface area contributed by atoms with Crippen LogP contribution in [0.15, 0.2) is 60.8 Å². The number of carbonyl (C=O) groups is 1. The standard InChI is InChI=1S/C27H22ClF3N2O2.Na/c28-24-21-14-19(18-8-6-17(7-9-18)16-4-2-1-3-5-16)10-12-22(21)33(25(24)26(34)35)23-13-11-20(15-32-23)27(29,30)31;/h6-16H,1-5H2,(H,34,35);/q;+1/p-1. The quantitative estimate of drug-likeness (QED) is 0.385. The van der Waals surface area contributed by atoms with Gasteiger partial charge in [-0.1, -0.05) is 61.2 Å². The zero-order valence-electron chi connectivity index (χ0n) is 19.6. The number of alkyl halides is 3. The van der Waals surface area contributed by atoms with Gasteiger partial charge in [0.25, 0.3) is 0 Å². The maximum Gasteiger partial charge on any atom is 1.00 e. The zero-order chi connectivity index (χ0) is 24.7. The number of rotatable bonds is 4. The van der Waals surface area contributed by atoms with Gasteiger partial charge in [-0.3, -0.25) is 4.57 Å². The Kier molecular flexibility index (Phi) is 7.86. The van der Waals surface area contributed by atoms with Gasteiger partial charge < -0.3 is 9.90 Å². The van der Waals surface area contributed by atoms with E-state index in [0.717, 1.165) is 23.3 Å². The number of aromatic nitrogens is 2. The second-order valence-electron chi connectivity index (χ2n) is 8.88. The second kappa shape index (κ2) is 10.6. The van der Waals surface area contributed by atoms with Crippen LogP contribution in [0, 0.1) is 0 Å². The second-order valence-corrected chi connectivity index (χ2v) is 9.26. The molecule has 36 heavy (non-hydrogen) atoms.